The number of morpholine rings is 1. The highest BCUT2D eigenvalue weighted by atomic mass is 16.5. The van der Waals surface area contributed by atoms with E-state index >= 15 is 0 Å². The Morgan fingerprint density at radius 3 is 2.84 bits per heavy atom. The zero-order valence-corrected chi connectivity index (χ0v) is 14.8. The molecule has 6 nitrogen and oxygen atoms in total. The second-order valence-corrected chi connectivity index (χ2v) is 6.95. The molecule has 0 bridgehead atoms. The Kier molecular flexibility index (Phi) is 4.31. The predicted molar refractivity (Wildman–Crippen MR) is 94.6 cm³/mol. The summed E-state index contributed by atoms with van der Waals surface area (Å²) in [5, 5.41) is 4.44. The van der Waals surface area contributed by atoms with Gasteiger partial charge in [-0.3, -0.25) is 14.4 Å². The molecule has 2 saturated heterocycles. The van der Waals surface area contributed by atoms with Crippen LogP contribution in [0, 0.1) is 6.92 Å². The molecule has 25 heavy (non-hydrogen) atoms. The number of benzene rings is 1. The van der Waals surface area contributed by atoms with Crippen molar-refractivity contribution in [3.63, 3.8) is 0 Å². The summed E-state index contributed by atoms with van der Waals surface area (Å²) in [7, 11) is 2.11. The van der Waals surface area contributed by atoms with Crippen molar-refractivity contribution in [2.75, 3.05) is 33.3 Å². The van der Waals surface area contributed by atoms with E-state index in [2.05, 4.69) is 29.2 Å². The molecule has 1 amide bonds. The summed E-state index contributed by atoms with van der Waals surface area (Å²) in [5.41, 5.74) is 2.78. The molecule has 0 radical (unpaired) electrons. The van der Waals surface area contributed by atoms with Crippen LogP contribution in [-0.2, 0) is 11.3 Å². The Morgan fingerprint density at radius 1 is 1.28 bits per heavy atom. The Balaban J connectivity index is 1.50. The highest BCUT2D eigenvalue weighted by molar-refractivity contribution is 5.95. The van der Waals surface area contributed by atoms with Crippen LogP contribution >= 0.6 is 0 Å². The minimum absolute atomic E-state index is 0.0585. The quantitative estimate of drug-likeness (QED) is 0.847. The summed E-state index contributed by atoms with van der Waals surface area (Å²) in [4.78, 5) is 17.2. The molecule has 2 atom stereocenters. The van der Waals surface area contributed by atoms with Gasteiger partial charge in [-0.25, -0.2) is 0 Å². The number of carbonyl (C=O) groups is 1. The van der Waals surface area contributed by atoms with Crippen molar-refractivity contribution < 1.29 is 9.53 Å². The molecule has 0 N–H and O–H groups in total. The smallest absolute Gasteiger partial charge is 0.257 e. The van der Waals surface area contributed by atoms with Crippen molar-refractivity contribution in [3.05, 3.63) is 53.3 Å². The number of ether oxygens (including phenoxy) is 1. The SMILES string of the molecule is Cc1c(C(=O)N2C[C@H]3OCCN(C)[C@H]3C2)cnn1Cc1ccccc1. The van der Waals surface area contributed by atoms with Gasteiger partial charge in [-0.1, -0.05) is 30.3 Å². The van der Waals surface area contributed by atoms with Gasteiger partial charge in [0.15, 0.2) is 0 Å². The summed E-state index contributed by atoms with van der Waals surface area (Å²) in [6.45, 7) is 5.71. The standard InChI is InChI=1S/C19H24N4O2/c1-14-16(10-20-23(14)11-15-6-4-3-5-7-15)19(24)22-12-17-18(13-22)25-9-8-21(17)2/h3-7,10,17-18H,8-9,11-13H2,1-2H3/t17-,18+/m0/s1. The summed E-state index contributed by atoms with van der Waals surface area (Å²) < 4.78 is 7.74. The highest BCUT2D eigenvalue weighted by Gasteiger charge is 2.41. The number of carbonyl (C=O) groups excluding carboxylic acids is 1. The van der Waals surface area contributed by atoms with E-state index in [0.717, 1.165) is 25.4 Å². The second-order valence-electron chi connectivity index (χ2n) is 6.95. The van der Waals surface area contributed by atoms with Gasteiger partial charge in [-0.15, -0.1) is 0 Å². The van der Waals surface area contributed by atoms with Crippen molar-refractivity contribution in [1.82, 2.24) is 19.6 Å². The molecule has 0 unspecified atom stereocenters. The van der Waals surface area contributed by atoms with Gasteiger partial charge in [0.05, 0.1) is 37.1 Å². The Bertz CT molecular complexity index is 758. The summed E-state index contributed by atoms with van der Waals surface area (Å²) >= 11 is 0. The van der Waals surface area contributed by atoms with Gasteiger partial charge in [0.25, 0.3) is 5.91 Å². The van der Waals surface area contributed by atoms with E-state index in [4.69, 9.17) is 4.74 Å². The summed E-state index contributed by atoms with van der Waals surface area (Å²) in [5.74, 6) is 0.0585. The largest absolute Gasteiger partial charge is 0.373 e. The van der Waals surface area contributed by atoms with Gasteiger partial charge >= 0.3 is 0 Å². The number of fused-ring (bicyclic) bond motifs is 1. The third-order valence-electron chi connectivity index (χ3n) is 5.37. The number of likely N-dealkylation sites (N-methyl/N-ethyl adjacent to an activating group) is 1. The fourth-order valence-corrected chi connectivity index (χ4v) is 3.77. The van der Waals surface area contributed by atoms with Gasteiger partial charge in [0.1, 0.15) is 0 Å². The van der Waals surface area contributed by atoms with Gasteiger partial charge in [0, 0.05) is 25.3 Å². The fraction of sp³-hybridized carbons (Fsp3) is 0.474. The third-order valence-corrected chi connectivity index (χ3v) is 5.37. The molecule has 1 aromatic heterocycles. The van der Waals surface area contributed by atoms with Crippen LogP contribution in [0.3, 0.4) is 0 Å². The Hall–Kier alpha value is -2.18. The molecular formula is C19H24N4O2. The molecule has 0 saturated carbocycles. The Morgan fingerprint density at radius 2 is 2.08 bits per heavy atom. The predicted octanol–water partition coefficient (Wildman–Crippen LogP) is 1.39. The zero-order chi connectivity index (χ0) is 17.4. The first-order chi connectivity index (χ1) is 12.1. The first-order valence-electron chi connectivity index (χ1n) is 8.81. The summed E-state index contributed by atoms with van der Waals surface area (Å²) in [6.07, 6.45) is 1.83. The minimum atomic E-state index is 0.0585. The number of rotatable bonds is 3. The number of hydrogen-bond acceptors (Lipinski definition) is 4. The molecule has 2 aromatic rings. The van der Waals surface area contributed by atoms with Crippen molar-refractivity contribution in [2.24, 2.45) is 0 Å². The van der Waals surface area contributed by atoms with Gasteiger partial charge in [-0.2, -0.15) is 5.10 Å². The maximum Gasteiger partial charge on any atom is 0.257 e. The van der Waals surface area contributed by atoms with E-state index in [0.29, 0.717) is 24.7 Å². The van der Waals surface area contributed by atoms with Gasteiger partial charge in [-0.05, 0) is 19.5 Å². The zero-order valence-electron chi connectivity index (χ0n) is 14.8. The second kappa shape index (κ2) is 6.61. The van der Waals surface area contributed by atoms with Crippen LogP contribution in [0.25, 0.3) is 0 Å². The lowest BCUT2D eigenvalue weighted by molar-refractivity contribution is -0.0368. The number of hydrogen-bond donors (Lipinski definition) is 0. The molecule has 6 heteroatoms. The fourth-order valence-electron chi connectivity index (χ4n) is 3.77. The maximum absolute atomic E-state index is 13.0. The highest BCUT2D eigenvalue weighted by Crippen LogP contribution is 2.24. The van der Waals surface area contributed by atoms with Gasteiger partial charge in [0.2, 0.25) is 0 Å². The van der Waals surface area contributed by atoms with Crippen LogP contribution in [0.4, 0.5) is 0 Å². The average molecular weight is 340 g/mol. The van der Waals surface area contributed by atoms with Crippen molar-refractivity contribution in [3.8, 4) is 0 Å². The average Bonchev–Trinajstić information content (AvgIpc) is 3.21. The molecule has 2 fully saturated rings. The number of nitrogens with zero attached hydrogens (tertiary/aromatic N) is 4. The van der Waals surface area contributed by atoms with Crippen LogP contribution in [0.5, 0.6) is 0 Å². The first-order valence-corrected chi connectivity index (χ1v) is 8.81. The van der Waals surface area contributed by atoms with Crippen LogP contribution in [-0.4, -0.2) is 70.9 Å². The lowest BCUT2D eigenvalue weighted by Gasteiger charge is -2.33. The minimum Gasteiger partial charge on any atom is -0.373 e. The normalized spacial score (nSPS) is 23.7. The number of amides is 1. The van der Waals surface area contributed by atoms with Crippen LogP contribution in [0.2, 0.25) is 0 Å². The molecule has 3 heterocycles. The van der Waals surface area contributed by atoms with Crippen LogP contribution in [0.1, 0.15) is 21.6 Å². The lowest BCUT2D eigenvalue weighted by Crippen LogP contribution is -2.48. The van der Waals surface area contributed by atoms with E-state index in [1.165, 1.54) is 5.56 Å². The molecular weight excluding hydrogens is 316 g/mol. The van der Waals surface area contributed by atoms with Crippen molar-refractivity contribution in [2.45, 2.75) is 25.6 Å². The van der Waals surface area contributed by atoms with Crippen molar-refractivity contribution >= 4 is 5.91 Å². The number of likely N-dealkylation sites (tertiary alicyclic amines) is 1. The molecule has 2 aliphatic rings. The molecule has 0 spiro atoms. The third kappa shape index (κ3) is 3.07. The lowest BCUT2D eigenvalue weighted by atomic mass is 10.1. The first kappa shape index (κ1) is 16.3. The molecule has 132 valence electrons. The summed E-state index contributed by atoms with van der Waals surface area (Å²) in [6, 6.07) is 10.5. The number of aromatic nitrogens is 2. The molecule has 0 aliphatic carbocycles. The van der Waals surface area contributed by atoms with Gasteiger partial charge < -0.3 is 9.64 Å². The van der Waals surface area contributed by atoms with Crippen LogP contribution < -0.4 is 0 Å². The van der Waals surface area contributed by atoms with E-state index < -0.39 is 0 Å². The molecule has 4 rings (SSSR count). The molecule has 1 aromatic carbocycles. The van der Waals surface area contributed by atoms with Crippen molar-refractivity contribution in [1.29, 1.82) is 0 Å². The van der Waals surface area contributed by atoms with E-state index in [1.807, 2.05) is 34.7 Å². The molecule has 2 aliphatic heterocycles. The van der Waals surface area contributed by atoms with E-state index in [-0.39, 0.29) is 12.0 Å². The topological polar surface area (TPSA) is 50.6 Å². The Labute approximate surface area is 148 Å². The monoisotopic (exact) mass is 340 g/mol. The van der Waals surface area contributed by atoms with Crippen LogP contribution in [0.15, 0.2) is 36.5 Å². The van der Waals surface area contributed by atoms with E-state index in [9.17, 15) is 4.79 Å². The maximum atomic E-state index is 13.0. The van der Waals surface area contributed by atoms with E-state index in [1.54, 1.807) is 6.20 Å².